The standard InChI is InChI=1S/C18H13ClFN3O2/c19-13-5-2-6-14(20)15(13)16-17(24)22-7-8-23(16)18(25)12-4-1-3-11(9-12)10-21/h1-6,9,16H,7-8H2,(H,22,24)/t16-/m1/s1. The lowest BCUT2D eigenvalue weighted by Crippen LogP contribution is -2.52. The highest BCUT2D eigenvalue weighted by atomic mass is 35.5. The molecule has 2 amide bonds. The molecule has 1 N–H and O–H groups in total. The number of carbonyl (C=O) groups excluding carboxylic acids is 2. The van der Waals surface area contributed by atoms with Gasteiger partial charge in [-0.3, -0.25) is 9.59 Å². The van der Waals surface area contributed by atoms with Crippen LogP contribution in [0.15, 0.2) is 42.5 Å². The molecule has 0 spiro atoms. The Balaban J connectivity index is 2.05. The molecule has 1 saturated heterocycles. The summed E-state index contributed by atoms with van der Waals surface area (Å²) in [6.45, 7) is 0.460. The fourth-order valence-corrected chi connectivity index (χ4v) is 3.10. The van der Waals surface area contributed by atoms with Gasteiger partial charge in [-0.15, -0.1) is 0 Å². The quantitative estimate of drug-likeness (QED) is 0.898. The van der Waals surface area contributed by atoms with Crippen LogP contribution in [0.4, 0.5) is 4.39 Å². The number of hydrogen-bond donors (Lipinski definition) is 1. The van der Waals surface area contributed by atoms with E-state index in [1.165, 1.54) is 29.2 Å². The van der Waals surface area contributed by atoms with Crippen LogP contribution >= 0.6 is 11.6 Å². The first-order valence-corrected chi connectivity index (χ1v) is 7.93. The lowest BCUT2D eigenvalue weighted by molar-refractivity contribution is -0.128. The van der Waals surface area contributed by atoms with Gasteiger partial charge in [-0.05, 0) is 30.3 Å². The van der Waals surface area contributed by atoms with E-state index in [-0.39, 0.29) is 29.2 Å². The molecule has 0 bridgehead atoms. The minimum absolute atomic E-state index is 0.0360. The highest BCUT2D eigenvalue weighted by Gasteiger charge is 2.37. The number of amides is 2. The second kappa shape index (κ2) is 6.91. The molecular formula is C18H13ClFN3O2. The molecule has 1 aliphatic rings. The third kappa shape index (κ3) is 3.19. The first-order valence-electron chi connectivity index (χ1n) is 7.55. The number of nitrogens with zero attached hydrogens (tertiary/aromatic N) is 2. The molecule has 2 aromatic carbocycles. The topological polar surface area (TPSA) is 73.2 Å². The number of hydrogen-bond acceptors (Lipinski definition) is 3. The average Bonchev–Trinajstić information content (AvgIpc) is 2.62. The smallest absolute Gasteiger partial charge is 0.254 e. The molecule has 0 aliphatic carbocycles. The molecule has 0 radical (unpaired) electrons. The Labute approximate surface area is 148 Å². The van der Waals surface area contributed by atoms with E-state index in [0.717, 1.165) is 0 Å². The van der Waals surface area contributed by atoms with E-state index >= 15 is 0 Å². The van der Waals surface area contributed by atoms with E-state index in [1.807, 2.05) is 6.07 Å². The Morgan fingerprint density at radius 3 is 2.80 bits per heavy atom. The fourth-order valence-electron chi connectivity index (χ4n) is 2.83. The number of benzene rings is 2. The van der Waals surface area contributed by atoms with Crippen molar-refractivity contribution < 1.29 is 14.0 Å². The molecule has 25 heavy (non-hydrogen) atoms. The summed E-state index contributed by atoms with van der Waals surface area (Å²) in [4.78, 5) is 26.6. The Kier molecular flexibility index (Phi) is 4.68. The van der Waals surface area contributed by atoms with E-state index in [1.54, 1.807) is 18.2 Å². The molecular weight excluding hydrogens is 345 g/mol. The summed E-state index contributed by atoms with van der Waals surface area (Å²) < 4.78 is 14.3. The monoisotopic (exact) mass is 357 g/mol. The van der Waals surface area contributed by atoms with E-state index in [9.17, 15) is 14.0 Å². The van der Waals surface area contributed by atoms with Gasteiger partial charge in [0.05, 0.1) is 11.6 Å². The van der Waals surface area contributed by atoms with Crippen molar-refractivity contribution in [3.63, 3.8) is 0 Å². The molecule has 7 heteroatoms. The van der Waals surface area contributed by atoms with E-state index in [2.05, 4.69) is 5.32 Å². The van der Waals surface area contributed by atoms with Crippen molar-refractivity contribution in [2.24, 2.45) is 0 Å². The van der Waals surface area contributed by atoms with Crippen molar-refractivity contribution >= 4 is 23.4 Å². The van der Waals surface area contributed by atoms with Gasteiger partial charge in [-0.2, -0.15) is 5.26 Å². The molecule has 3 rings (SSSR count). The second-order valence-corrected chi connectivity index (χ2v) is 5.93. The molecule has 0 saturated carbocycles. The molecule has 0 unspecified atom stereocenters. The number of nitriles is 1. The number of nitrogens with one attached hydrogen (secondary N) is 1. The number of halogens is 2. The molecule has 0 aromatic heterocycles. The maximum atomic E-state index is 14.3. The maximum Gasteiger partial charge on any atom is 0.254 e. The second-order valence-electron chi connectivity index (χ2n) is 5.52. The Morgan fingerprint density at radius 2 is 2.08 bits per heavy atom. The summed E-state index contributed by atoms with van der Waals surface area (Å²) >= 11 is 6.09. The van der Waals surface area contributed by atoms with Crippen LogP contribution in [0.5, 0.6) is 0 Å². The van der Waals surface area contributed by atoms with Crippen LogP contribution in [-0.2, 0) is 4.79 Å². The van der Waals surface area contributed by atoms with Crippen LogP contribution in [0.2, 0.25) is 5.02 Å². The van der Waals surface area contributed by atoms with Crippen molar-refractivity contribution in [3.05, 3.63) is 70.0 Å². The Morgan fingerprint density at radius 1 is 1.32 bits per heavy atom. The number of rotatable bonds is 2. The lowest BCUT2D eigenvalue weighted by atomic mass is 10.00. The fraction of sp³-hybridized carbons (Fsp3) is 0.167. The summed E-state index contributed by atoms with van der Waals surface area (Å²) in [5, 5.41) is 11.7. The SMILES string of the molecule is N#Cc1cccc(C(=O)N2CCNC(=O)[C@H]2c2c(F)cccc2Cl)c1. The molecule has 1 atom stereocenters. The summed E-state index contributed by atoms with van der Waals surface area (Å²) in [6.07, 6.45) is 0. The third-order valence-electron chi connectivity index (χ3n) is 3.98. The Bertz CT molecular complexity index is 874. The first-order chi connectivity index (χ1) is 12.0. The van der Waals surface area contributed by atoms with E-state index < -0.39 is 23.7 Å². The van der Waals surface area contributed by atoms with Gasteiger partial charge < -0.3 is 10.2 Å². The van der Waals surface area contributed by atoms with Gasteiger partial charge in [0.15, 0.2) is 0 Å². The summed E-state index contributed by atoms with van der Waals surface area (Å²) in [7, 11) is 0. The summed E-state index contributed by atoms with van der Waals surface area (Å²) in [6, 6.07) is 11.1. The van der Waals surface area contributed by atoms with Gasteiger partial charge in [0.25, 0.3) is 5.91 Å². The molecule has 1 heterocycles. The maximum absolute atomic E-state index is 14.3. The third-order valence-corrected chi connectivity index (χ3v) is 4.31. The minimum Gasteiger partial charge on any atom is -0.352 e. The molecule has 126 valence electrons. The first kappa shape index (κ1) is 16.9. The minimum atomic E-state index is -1.17. The van der Waals surface area contributed by atoms with Crippen LogP contribution in [0, 0.1) is 17.1 Å². The summed E-state index contributed by atoms with van der Waals surface area (Å²) in [5.41, 5.74) is 0.546. The average molecular weight is 358 g/mol. The van der Waals surface area contributed by atoms with Gasteiger partial charge in [0.1, 0.15) is 11.9 Å². The van der Waals surface area contributed by atoms with Crippen LogP contribution in [0.3, 0.4) is 0 Å². The lowest BCUT2D eigenvalue weighted by Gasteiger charge is -2.35. The number of piperazine rings is 1. The van der Waals surface area contributed by atoms with Crippen LogP contribution < -0.4 is 5.32 Å². The zero-order valence-corrected chi connectivity index (χ0v) is 13.8. The van der Waals surface area contributed by atoms with Crippen LogP contribution in [-0.4, -0.2) is 29.8 Å². The summed E-state index contributed by atoms with van der Waals surface area (Å²) in [5.74, 6) is -1.61. The Hall–Kier alpha value is -2.91. The van der Waals surface area contributed by atoms with Crippen LogP contribution in [0.25, 0.3) is 0 Å². The predicted octanol–water partition coefficient (Wildman–Crippen LogP) is 2.66. The zero-order valence-electron chi connectivity index (χ0n) is 13.0. The zero-order chi connectivity index (χ0) is 18.0. The highest BCUT2D eigenvalue weighted by Crippen LogP contribution is 2.32. The molecule has 2 aromatic rings. The predicted molar refractivity (Wildman–Crippen MR) is 89.4 cm³/mol. The molecule has 1 aliphatic heterocycles. The van der Waals surface area contributed by atoms with Gasteiger partial charge >= 0.3 is 0 Å². The van der Waals surface area contributed by atoms with Crippen molar-refractivity contribution in [1.82, 2.24) is 10.2 Å². The van der Waals surface area contributed by atoms with E-state index in [4.69, 9.17) is 16.9 Å². The highest BCUT2D eigenvalue weighted by molar-refractivity contribution is 6.31. The van der Waals surface area contributed by atoms with Crippen molar-refractivity contribution in [2.75, 3.05) is 13.1 Å². The van der Waals surface area contributed by atoms with Crippen molar-refractivity contribution in [2.45, 2.75) is 6.04 Å². The van der Waals surface area contributed by atoms with Crippen molar-refractivity contribution in [1.29, 1.82) is 5.26 Å². The van der Waals surface area contributed by atoms with Gasteiger partial charge in [-0.1, -0.05) is 23.7 Å². The number of carbonyl (C=O) groups is 2. The van der Waals surface area contributed by atoms with Crippen molar-refractivity contribution in [3.8, 4) is 6.07 Å². The molecule has 1 fully saturated rings. The molecule has 5 nitrogen and oxygen atoms in total. The largest absolute Gasteiger partial charge is 0.352 e. The van der Waals surface area contributed by atoms with Gasteiger partial charge in [0.2, 0.25) is 5.91 Å². The van der Waals surface area contributed by atoms with Gasteiger partial charge in [0, 0.05) is 29.2 Å². The van der Waals surface area contributed by atoms with Gasteiger partial charge in [-0.25, -0.2) is 4.39 Å². The normalized spacial score (nSPS) is 16.9. The van der Waals surface area contributed by atoms with Crippen LogP contribution in [0.1, 0.15) is 27.5 Å². The van der Waals surface area contributed by atoms with E-state index in [0.29, 0.717) is 5.56 Å².